The maximum atomic E-state index is 10.2. The van der Waals surface area contributed by atoms with Gasteiger partial charge in [-0.3, -0.25) is 9.78 Å². The van der Waals surface area contributed by atoms with Gasteiger partial charge in [-0.2, -0.15) is 0 Å². The van der Waals surface area contributed by atoms with E-state index < -0.39 is 5.97 Å². The van der Waals surface area contributed by atoms with Crippen LogP contribution in [0.25, 0.3) is 0 Å². The minimum atomic E-state index is -0.775. The number of ether oxygens (including phenoxy) is 1. The molecular formula is C11H15NO3. The number of pyridine rings is 1. The first-order valence-electron chi connectivity index (χ1n) is 4.98. The number of carbonyl (C=O) groups is 1. The summed E-state index contributed by atoms with van der Waals surface area (Å²) in [6.45, 7) is 1.09. The SMILES string of the molecule is O=C(O)CCCOCCc1ccccn1. The van der Waals surface area contributed by atoms with E-state index in [-0.39, 0.29) is 6.42 Å². The highest BCUT2D eigenvalue weighted by molar-refractivity contribution is 5.66. The summed E-state index contributed by atoms with van der Waals surface area (Å²) in [4.78, 5) is 14.3. The molecule has 1 rings (SSSR count). The Labute approximate surface area is 88.9 Å². The number of hydrogen-bond donors (Lipinski definition) is 1. The maximum absolute atomic E-state index is 10.2. The van der Waals surface area contributed by atoms with Crippen LogP contribution in [-0.2, 0) is 16.0 Å². The molecule has 1 heterocycles. The van der Waals surface area contributed by atoms with Crippen molar-refractivity contribution in [2.45, 2.75) is 19.3 Å². The van der Waals surface area contributed by atoms with Gasteiger partial charge in [0.05, 0.1) is 6.61 Å². The second-order valence-corrected chi connectivity index (χ2v) is 3.18. The van der Waals surface area contributed by atoms with E-state index in [1.165, 1.54) is 0 Å². The fourth-order valence-electron chi connectivity index (χ4n) is 1.15. The van der Waals surface area contributed by atoms with Gasteiger partial charge < -0.3 is 9.84 Å². The highest BCUT2D eigenvalue weighted by atomic mass is 16.5. The van der Waals surface area contributed by atoms with Crippen LogP contribution in [0.3, 0.4) is 0 Å². The minimum absolute atomic E-state index is 0.170. The molecule has 0 saturated carbocycles. The first-order chi connectivity index (χ1) is 7.29. The summed E-state index contributed by atoms with van der Waals surface area (Å²) in [5, 5.41) is 8.38. The zero-order valence-electron chi connectivity index (χ0n) is 8.56. The van der Waals surface area contributed by atoms with Crippen LogP contribution < -0.4 is 0 Å². The van der Waals surface area contributed by atoms with Crippen molar-refractivity contribution < 1.29 is 14.6 Å². The van der Waals surface area contributed by atoms with E-state index in [0.29, 0.717) is 19.6 Å². The molecule has 82 valence electrons. The normalized spacial score (nSPS) is 10.1. The zero-order chi connectivity index (χ0) is 10.9. The molecule has 1 N–H and O–H groups in total. The Morgan fingerprint density at radius 3 is 2.93 bits per heavy atom. The Morgan fingerprint density at radius 2 is 2.27 bits per heavy atom. The predicted molar refractivity (Wildman–Crippen MR) is 55.6 cm³/mol. The zero-order valence-corrected chi connectivity index (χ0v) is 8.56. The average Bonchev–Trinajstić information content (AvgIpc) is 2.24. The van der Waals surface area contributed by atoms with Crippen molar-refractivity contribution in [2.75, 3.05) is 13.2 Å². The smallest absolute Gasteiger partial charge is 0.303 e. The van der Waals surface area contributed by atoms with Crippen molar-refractivity contribution in [1.29, 1.82) is 0 Å². The molecule has 0 unspecified atom stereocenters. The number of carboxylic acids is 1. The van der Waals surface area contributed by atoms with Crippen LogP contribution in [0.2, 0.25) is 0 Å². The monoisotopic (exact) mass is 209 g/mol. The van der Waals surface area contributed by atoms with Gasteiger partial charge in [0.2, 0.25) is 0 Å². The van der Waals surface area contributed by atoms with E-state index in [0.717, 1.165) is 12.1 Å². The van der Waals surface area contributed by atoms with Gasteiger partial charge in [-0.25, -0.2) is 0 Å². The Morgan fingerprint density at radius 1 is 1.40 bits per heavy atom. The molecule has 0 aliphatic rings. The molecule has 0 bridgehead atoms. The Hall–Kier alpha value is -1.42. The van der Waals surface area contributed by atoms with E-state index in [1.54, 1.807) is 6.20 Å². The molecule has 0 amide bonds. The molecular weight excluding hydrogens is 194 g/mol. The number of aromatic nitrogens is 1. The topological polar surface area (TPSA) is 59.4 Å². The number of nitrogens with zero attached hydrogens (tertiary/aromatic N) is 1. The first kappa shape index (κ1) is 11.7. The van der Waals surface area contributed by atoms with E-state index in [9.17, 15) is 4.79 Å². The summed E-state index contributed by atoms with van der Waals surface area (Å²) in [7, 11) is 0. The Bertz CT molecular complexity index is 287. The lowest BCUT2D eigenvalue weighted by molar-refractivity contribution is -0.137. The average molecular weight is 209 g/mol. The summed E-state index contributed by atoms with van der Waals surface area (Å²) in [5.74, 6) is -0.775. The van der Waals surface area contributed by atoms with Gasteiger partial charge in [0, 0.05) is 31.3 Å². The molecule has 0 radical (unpaired) electrons. The number of rotatable bonds is 7. The molecule has 0 atom stereocenters. The molecule has 0 fully saturated rings. The molecule has 0 saturated heterocycles. The number of carboxylic acid groups (broad SMARTS) is 1. The van der Waals surface area contributed by atoms with Crippen LogP contribution in [0.1, 0.15) is 18.5 Å². The summed E-state index contributed by atoms with van der Waals surface area (Å²) in [6, 6.07) is 5.75. The number of hydrogen-bond acceptors (Lipinski definition) is 3. The van der Waals surface area contributed by atoms with E-state index in [4.69, 9.17) is 9.84 Å². The summed E-state index contributed by atoms with van der Waals surface area (Å²) in [6.07, 6.45) is 3.26. The second-order valence-electron chi connectivity index (χ2n) is 3.18. The lowest BCUT2D eigenvalue weighted by Gasteiger charge is -2.02. The highest BCUT2D eigenvalue weighted by Crippen LogP contribution is 1.96. The third-order valence-electron chi connectivity index (χ3n) is 1.91. The number of aliphatic carboxylic acids is 1. The second kappa shape index (κ2) is 6.95. The third-order valence-corrected chi connectivity index (χ3v) is 1.91. The van der Waals surface area contributed by atoms with E-state index in [1.807, 2.05) is 18.2 Å². The molecule has 0 aromatic carbocycles. The molecule has 0 spiro atoms. The van der Waals surface area contributed by atoms with E-state index in [2.05, 4.69) is 4.98 Å². The van der Waals surface area contributed by atoms with Crippen molar-refractivity contribution in [3.8, 4) is 0 Å². The van der Waals surface area contributed by atoms with Gasteiger partial charge in [0.1, 0.15) is 0 Å². The molecule has 4 heteroatoms. The fourth-order valence-corrected chi connectivity index (χ4v) is 1.15. The van der Waals surface area contributed by atoms with E-state index >= 15 is 0 Å². The third kappa shape index (κ3) is 5.80. The molecule has 0 aliphatic carbocycles. The van der Waals surface area contributed by atoms with Gasteiger partial charge in [0.25, 0.3) is 0 Å². The van der Waals surface area contributed by atoms with Crippen LogP contribution in [-0.4, -0.2) is 29.3 Å². The highest BCUT2D eigenvalue weighted by Gasteiger charge is 1.97. The molecule has 1 aromatic heterocycles. The van der Waals surface area contributed by atoms with Crippen molar-refractivity contribution in [3.05, 3.63) is 30.1 Å². The van der Waals surface area contributed by atoms with Crippen LogP contribution >= 0.6 is 0 Å². The summed E-state index contributed by atoms with van der Waals surface area (Å²) in [5.41, 5.74) is 0.996. The van der Waals surface area contributed by atoms with Crippen LogP contribution in [0, 0.1) is 0 Å². The van der Waals surface area contributed by atoms with Gasteiger partial charge in [-0.15, -0.1) is 0 Å². The molecule has 4 nitrogen and oxygen atoms in total. The van der Waals surface area contributed by atoms with Gasteiger partial charge in [0.15, 0.2) is 0 Å². The largest absolute Gasteiger partial charge is 0.481 e. The lowest BCUT2D eigenvalue weighted by atomic mass is 10.3. The Kier molecular flexibility index (Phi) is 5.40. The summed E-state index contributed by atoms with van der Waals surface area (Å²) < 4.78 is 5.28. The predicted octanol–water partition coefficient (Wildman–Crippen LogP) is 1.51. The van der Waals surface area contributed by atoms with Crippen LogP contribution in [0.15, 0.2) is 24.4 Å². The standard InChI is InChI=1S/C11H15NO3/c13-11(14)5-3-8-15-9-6-10-4-1-2-7-12-10/h1-2,4,7H,3,5-6,8-9H2,(H,13,14). The van der Waals surface area contributed by atoms with Crippen molar-refractivity contribution in [3.63, 3.8) is 0 Å². The molecule has 15 heavy (non-hydrogen) atoms. The summed E-state index contributed by atoms with van der Waals surface area (Å²) >= 11 is 0. The van der Waals surface area contributed by atoms with Crippen molar-refractivity contribution in [1.82, 2.24) is 4.98 Å². The fraction of sp³-hybridized carbons (Fsp3) is 0.455. The quantitative estimate of drug-likeness (QED) is 0.691. The lowest BCUT2D eigenvalue weighted by Crippen LogP contribution is -2.03. The maximum Gasteiger partial charge on any atom is 0.303 e. The van der Waals surface area contributed by atoms with Gasteiger partial charge in [-0.1, -0.05) is 6.07 Å². The van der Waals surface area contributed by atoms with Crippen LogP contribution in [0.4, 0.5) is 0 Å². The molecule has 1 aromatic rings. The molecule has 0 aliphatic heterocycles. The minimum Gasteiger partial charge on any atom is -0.481 e. The Balaban J connectivity index is 2.00. The van der Waals surface area contributed by atoms with Gasteiger partial charge in [-0.05, 0) is 18.6 Å². The van der Waals surface area contributed by atoms with Gasteiger partial charge >= 0.3 is 5.97 Å². The van der Waals surface area contributed by atoms with Crippen LogP contribution in [0.5, 0.6) is 0 Å². The first-order valence-corrected chi connectivity index (χ1v) is 4.98. The van der Waals surface area contributed by atoms with Crippen molar-refractivity contribution in [2.24, 2.45) is 0 Å². The van der Waals surface area contributed by atoms with Crippen molar-refractivity contribution >= 4 is 5.97 Å².